The minimum Gasteiger partial charge on any atom is -0.495 e. The van der Waals surface area contributed by atoms with Crippen molar-refractivity contribution >= 4 is 27.6 Å². The lowest BCUT2D eigenvalue weighted by Gasteiger charge is -2.21. The number of esters is 2. The van der Waals surface area contributed by atoms with Crippen LogP contribution in [0.3, 0.4) is 0 Å². The number of para-hydroxylation sites is 2. The van der Waals surface area contributed by atoms with Crippen molar-refractivity contribution in [2.45, 2.75) is 17.9 Å². The van der Waals surface area contributed by atoms with Crippen LogP contribution in [0, 0.1) is 0 Å². The molecule has 9 heteroatoms. The van der Waals surface area contributed by atoms with Crippen molar-refractivity contribution in [2.75, 3.05) is 25.6 Å². The maximum Gasteiger partial charge on any atom is 0.346 e. The molecule has 28 heavy (non-hydrogen) atoms. The Bertz CT molecular complexity index is 955. The highest BCUT2D eigenvalue weighted by Crippen LogP contribution is 2.30. The molecule has 2 aromatic rings. The van der Waals surface area contributed by atoms with Gasteiger partial charge in [-0.25, -0.2) is 18.0 Å². The zero-order valence-electron chi connectivity index (χ0n) is 15.9. The number of hydrogen-bond donors (Lipinski definition) is 0. The van der Waals surface area contributed by atoms with Crippen LogP contribution in [-0.4, -0.2) is 47.7 Å². The number of carbonyl (C=O) groups is 2. The summed E-state index contributed by atoms with van der Waals surface area (Å²) in [6, 6.07) is 11.9. The smallest absolute Gasteiger partial charge is 0.346 e. The molecule has 0 unspecified atom stereocenters. The fraction of sp³-hybridized carbons (Fsp3) is 0.263. The van der Waals surface area contributed by atoms with Gasteiger partial charge in [0.05, 0.1) is 30.4 Å². The maximum atomic E-state index is 12.9. The van der Waals surface area contributed by atoms with Crippen LogP contribution in [0.4, 0.5) is 5.69 Å². The normalized spacial score (nSPS) is 12.0. The third kappa shape index (κ3) is 4.42. The zero-order chi connectivity index (χ0) is 20.9. The first-order chi connectivity index (χ1) is 13.2. The van der Waals surface area contributed by atoms with Crippen molar-refractivity contribution in [1.82, 2.24) is 0 Å². The van der Waals surface area contributed by atoms with Crippen molar-refractivity contribution in [2.24, 2.45) is 0 Å². The van der Waals surface area contributed by atoms with Crippen molar-refractivity contribution in [3.05, 3.63) is 54.1 Å². The number of benzene rings is 2. The Kier molecular flexibility index (Phi) is 6.63. The Morgan fingerprint density at radius 3 is 2.18 bits per heavy atom. The van der Waals surface area contributed by atoms with Gasteiger partial charge in [0.1, 0.15) is 5.75 Å². The predicted molar refractivity (Wildman–Crippen MR) is 102 cm³/mol. The number of rotatable bonds is 7. The first-order valence-corrected chi connectivity index (χ1v) is 9.67. The molecule has 0 fully saturated rings. The second-order valence-electron chi connectivity index (χ2n) is 5.74. The van der Waals surface area contributed by atoms with E-state index in [-0.39, 0.29) is 10.5 Å². The lowest BCUT2D eigenvalue weighted by molar-refractivity contribution is -0.149. The minimum absolute atomic E-state index is 0.0153. The maximum absolute atomic E-state index is 12.9. The number of methoxy groups -OCH3 is 2. The van der Waals surface area contributed by atoms with E-state index in [4.69, 9.17) is 9.47 Å². The van der Waals surface area contributed by atoms with E-state index >= 15 is 0 Å². The molecule has 2 rings (SSSR count). The van der Waals surface area contributed by atoms with Crippen molar-refractivity contribution in [1.29, 1.82) is 0 Å². The molecule has 1 atom stereocenters. The van der Waals surface area contributed by atoms with E-state index in [1.165, 1.54) is 52.5 Å². The molecule has 0 saturated carbocycles. The molecule has 0 aromatic heterocycles. The molecular formula is C19H21NO7S. The number of carbonyl (C=O) groups excluding carboxylic acids is 2. The Labute approximate surface area is 163 Å². The third-order valence-electron chi connectivity index (χ3n) is 3.99. The van der Waals surface area contributed by atoms with E-state index < -0.39 is 28.1 Å². The summed E-state index contributed by atoms with van der Waals surface area (Å²) >= 11 is 0. The standard InChI is InChI=1S/C19H21NO7S/c1-13(18(21)26-4)27-19(22)14-9-11-15(12-10-14)28(23,24)20(2)16-7-5-6-8-17(16)25-3/h5-13H,1-4H3/t13-/m1/s1. The van der Waals surface area contributed by atoms with Crippen LogP contribution in [0.5, 0.6) is 5.75 Å². The summed E-state index contributed by atoms with van der Waals surface area (Å²) in [4.78, 5) is 23.4. The van der Waals surface area contributed by atoms with Crippen LogP contribution < -0.4 is 9.04 Å². The van der Waals surface area contributed by atoms with Gasteiger partial charge in [0.25, 0.3) is 10.0 Å². The lowest BCUT2D eigenvalue weighted by Crippen LogP contribution is -2.27. The molecule has 0 amide bonds. The van der Waals surface area contributed by atoms with Gasteiger partial charge in [-0.1, -0.05) is 12.1 Å². The Balaban J connectivity index is 2.24. The van der Waals surface area contributed by atoms with Crippen molar-refractivity contribution in [3.8, 4) is 5.75 Å². The van der Waals surface area contributed by atoms with E-state index in [0.717, 1.165) is 4.31 Å². The lowest BCUT2D eigenvalue weighted by atomic mass is 10.2. The predicted octanol–water partition coefficient (Wildman–Crippen LogP) is 2.24. The van der Waals surface area contributed by atoms with E-state index in [2.05, 4.69) is 4.74 Å². The molecule has 0 bridgehead atoms. The highest BCUT2D eigenvalue weighted by atomic mass is 32.2. The average molecular weight is 407 g/mol. The van der Waals surface area contributed by atoms with Gasteiger partial charge in [-0.3, -0.25) is 4.31 Å². The van der Waals surface area contributed by atoms with E-state index in [9.17, 15) is 18.0 Å². The molecule has 0 spiro atoms. The van der Waals surface area contributed by atoms with Crippen LogP contribution in [0.2, 0.25) is 0 Å². The van der Waals surface area contributed by atoms with Gasteiger partial charge in [0, 0.05) is 7.05 Å². The Hall–Kier alpha value is -3.07. The number of hydrogen-bond acceptors (Lipinski definition) is 7. The summed E-state index contributed by atoms with van der Waals surface area (Å²) in [6.45, 7) is 1.38. The molecule has 0 radical (unpaired) electrons. The molecule has 0 aliphatic rings. The second-order valence-corrected chi connectivity index (χ2v) is 7.71. The first kappa shape index (κ1) is 21.2. The van der Waals surface area contributed by atoms with Crippen LogP contribution in [0.1, 0.15) is 17.3 Å². The molecule has 2 aromatic carbocycles. The Morgan fingerprint density at radius 1 is 1.00 bits per heavy atom. The van der Waals surface area contributed by atoms with Crippen molar-refractivity contribution in [3.63, 3.8) is 0 Å². The topological polar surface area (TPSA) is 99.2 Å². The van der Waals surface area contributed by atoms with E-state index in [1.807, 2.05) is 0 Å². The SMILES string of the molecule is COC(=O)[C@@H](C)OC(=O)c1ccc(S(=O)(=O)N(C)c2ccccc2OC)cc1. The van der Waals surface area contributed by atoms with Gasteiger partial charge in [0.2, 0.25) is 0 Å². The van der Waals surface area contributed by atoms with Gasteiger partial charge in [0.15, 0.2) is 6.10 Å². The van der Waals surface area contributed by atoms with Gasteiger partial charge < -0.3 is 14.2 Å². The highest BCUT2D eigenvalue weighted by molar-refractivity contribution is 7.92. The van der Waals surface area contributed by atoms with E-state index in [0.29, 0.717) is 11.4 Å². The summed E-state index contributed by atoms with van der Waals surface area (Å²) in [5, 5.41) is 0. The number of sulfonamides is 1. The van der Waals surface area contributed by atoms with Crippen LogP contribution in [0.15, 0.2) is 53.4 Å². The third-order valence-corrected chi connectivity index (χ3v) is 5.78. The average Bonchev–Trinajstić information content (AvgIpc) is 2.72. The largest absolute Gasteiger partial charge is 0.495 e. The van der Waals surface area contributed by atoms with Crippen LogP contribution in [0.25, 0.3) is 0 Å². The fourth-order valence-corrected chi connectivity index (χ4v) is 3.59. The minimum atomic E-state index is -3.88. The number of nitrogens with zero attached hydrogens (tertiary/aromatic N) is 1. The molecule has 0 N–H and O–H groups in total. The Morgan fingerprint density at radius 2 is 1.61 bits per heavy atom. The molecule has 0 saturated heterocycles. The molecule has 0 aliphatic heterocycles. The number of ether oxygens (including phenoxy) is 3. The van der Waals surface area contributed by atoms with Gasteiger partial charge >= 0.3 is 11.9 Å². The van der Waals surface area contributed by atoms with Gasteiger partial charge in [-0.2, -0.15) is 0 Å². The second kappa shape index (κ2) is 8.75. The summed E-state index contributed by atoms with van der Waals surface area (Å²) in [5.41, 5.74) is 0.482. The molecule has 8 nitrogen and oxygen atoms in total. The number of anilines is 1. The first-order valence-electron chi connectivity index (χ1n) is 8.23. The van der Waals surface area contributed by atoms with Crippen LogP contribution in [-0.2, 0) is 24.3 Å². The quantitative estimate of drug-likeness (QED) is 0.649. The summed E-state index contributed by atoms with van der Waals surface area (Å²) in [7, 11) is 0.168. The summed E-state index contributed by atoms with van der Waals surface area (Å²) in [5.74, 6) is -1.04. The van der Waals surface area contributed by atoms with E-state index in [1.54, 1.807) is 24.3 Å². The highest BCUT2D eigenvalue weighted by Gasteiger charge is 2.25. The van der Waals surface area contributed by atoms with Crippen molar-refractivity contribution < 1.29 is 32.2 Å². The monoisotopic (exact) mass is 407 g/mol. The summed E-state index contributed by atoms with van der Waals surface area (Å²) in [6.07, 6.45) is -1.07. The van der Waals surface area contributed by atoms with Gasteiger partial charge in [-0.15, -0.1) is 0 Å². The summed E-state index contributed by atoms with van der Waals surface area (Å²) < 4.78 is 41.5. The molecule has 150 valence electrons. The van der Waals surface area contributed by atoms with Crippen LogP contribution >= 0.6 is 0 Å². The fourth-order valence-electron chi connectivity index (χ4n) is 2.38. The molecule has 0 aliphatic carbocycles. The molecule has 0 heterocycles. The zero-order valence-corrected chi connectivity index (χ0v) is 16.7. The van der Waals surface area contributed by atoms with Gasteiger partial charge in [-0.05, 0) is 43.3 Å². The molecular weight excluding hydrogens is 386 g/mol.